The summed E-state index contributed by atoms with van der Waals surface area (Å²) in [6.07, 6.45) is 1.27. The SMILES string of the molecule is COc1cc(/C=C2\C(=O)NC(=O)N(c3ccccc3Cl)C2=O)cc(Cl)c1OCc1ccc([N+](=O)[O-])cc1. The number of non-ortho nitro benzene ring substituents is 1. The second-order valence-electron chi connectivity index (χ2n) is 7.66. The number of rotatable bonds is 7. The number of hydrogen-bond acceptors (Lipinski definition) is 7. The summed E-state index contributed by atoms with van der Waals surface area (Å²) in [5, 5.41) is 13.2. The average Bonchev–Trinajstić information content (AvgIpc) is 2.87. The highest BCUT2D eigenvalue weighted by molar-refractivity contribution is 6.42. The topological polar surface area (TPSA) is 128 Å². The maximum Gasteiger partial charge on any atom is 0.335 e. The summed E-state index contributed by atoms with van der Waals surface area (Å²) in [4.78, 5) is 49.1. The van der Waals surface area contributed by atoms with Gasteiger partial charge in [-0.05, 0) is 53.6 Å². The van der Waals surface area contributed by atoms with Crippen LogP contribution in [0, 0.1) is 10.1 Å². The third-order valence-corrected chi connectivity index (χ3v) is 5.89. The highest BCUT2D eigenvalue weighted by Gasteiger charge is 2.37. The Labute approximate surface area is 220 Å². The third-order valence-electron chi connectivity index (χ3n) is 5.29. The van der Waals surface area contributed by atoms with E-state index < -0.39 is 22.8 Å². The van der Waals surface area contributed by atoms with Gasteiger partial charge in [0.2, 0.25) is 0 Å². The van der Waals surface area contributed by atoms with E-state index in [1.54, 1.807) is 24.3 Å². The van der Waals surface area contributed by atoms with Crippen molar-refractivity contribution < 1.29 is 28.8 Å². The molecule has 3 aromatic carbocycles. The molecule has 0 spiro atoms. The van der Waals surface area contributed by atoms with Gasteiger partial charge in [-0.1, -0.05) is 35.3 Å². The second-order valence-corrected chi connectivity index (χ2v) is 8.47. The van der Waals surface area contributed by atoms with Gasteiger partial charge in [-0.15, -0.1) is 0 Å². The molecule has 1 aliphatic heterocycles. The summed E-state index contributed by atoms with van der Waals surface area (Å²) >= 11 is 12.6. The van der Waals surface area contributed by atoms with Gasteiger partial charge in [-0.25, -0.2) is 9.69 Å². The minimum absolute atomic E-state index is 0.0459. The number of para-hydroxylation sites is 1. The van der Waals surface area contributed by atoms with Gasteiger partial charge in [-0.2, -0.15) is 0 Å². The molecule has 0 radical (unpaired) electrons. The summed E-state index contributed by atoms with van der Waals surface area (Å²) in [5.74, 6) is -1.34. The second kappa shape index (κ2) is 10.7. The number of nitro groups is 1. The van der Waals surface area contributed by atoms with Crippen molar-refractivity contribution in [2.24, 2.45) is 0 Å². The third kappa shape index (κ3) is 5.40. The summed E-state index contributed by atoms with van der Waals surface area (Å²) in [6.45, 7) is 0.0459. The molecule has 0 atom stereocenters. The molecule has 1 heterocycles. The van der Waals surface area contributed by atoms with Crippen LogP contribution >= 0.6 is 23.2 Å². The van der Waals surface area contributed by atoms with Gasteiger partial charge in [0.25, 0.3) is 17.5 Å². The van der Waals surface area contributed by atoms with Crippen molar-refractivity contribution in [2.45, 2.75) is 6.61 Å². The van der Waals surface area contributed by atoms with Crippen molar-refractivity contribution >= 4 is 58.5 Å². The van der Waals surface area contributed by atoms with Crippen LogP contribution in [0.4, 0.5) is 16.2 Å². The molecule has 4 rings (SSSR count). The number of ether oxygens (including phenoxy) is 2. The molecule has 0 saturated carbocycles. The molecule has 3 aromatic rings. The molecule has 0 bridgehead atoms. The van der Waals surface area contributed by atoms with Crippen LogP contribution in [0.15, 0.2) is 66.2 Å². The summed E-state index contributed by atoms with van der Waals surface area (Å²) < 4.78 is 11.1. The highest BCUT2D eigenvalue weighted by Crippen LogP contribution is 2.38. The van der Waals surface area contributed by atoms with Crippen LogP contribution in [0.1, 0.15) is 11.1 Å². The normalized spacial score (nSPS) is 14.5. The molecule has 4 amide bonds. The zero-order valence-electron chi connectivity index (χ0n) is 19.1. The van der Waals surface area contributed by atoms with E-state index in [4.69, 9.17) is 32.7 Å². The molecule has 0 unspecified atom stereocenters. The summed E-state index contributed by atoms with van der Waals surface area (Å²) in [6, 6.07) is 14.1. The Morgan fingerprint density at radius 2 is 1.73 bits per heavy atom. The van der Waals surface area contributed by atoms with E-state index in [2.05, 4.69) is 5.32 Å². The quantitative estimate of drug-likeness (QED) is 0.189. The number of amides is 4. The smallest absolute Gasteiger partial charge is 0.335 e. The predicted octanol–water partition coefficient (Wildman–Crippen LogP) is 5.16. The molecule has 1 N–H and O–H groups in total. The number of barbiturate groups is 1. The first-order chi connectivity index (χ1) is 17.7. The zero-order chi connectivity index (χ0) is 26.7. The number of hydrogen-bond donors (Lipinski definition) is 1. The van der Waals surface area contributed by atoms with E-state index in [9.17, 15) is 24.5 Å². The van der Waals surface area contributed by atoms with Crippen molar-refractivity contribution in [3.05, 3.63) is 97.5 Å². The number of anilines is 1. The van der Waals surface area contributed by atoms with Crippen LogP contribution in [0.25, 0.3) is 6.08 Å². The molecular weight excluding hydrogens is 525 g/mol. The van der Waals surface area contributed by atoms with Crippen LogP contribution in [0.2, 0.25) is 10.0 Å². The van der Waals surface area contributed by atoms with Crippen LogP contribution < -0.4 is 19.7 Å². The van der Waals surface area contributed by atoms with Crippen LogP contribution in [0.3, 0.4) is 0 Å². The Bertz CT molecular complexity index is 1460. The van der Waals surface area contributed by atoms with Crippen LogP contribution in [-0.4, -0.2) is 29.9 Å². The molecule has 1 saturated heterocycles. The molecule has 0 aliphatic carbocycles. The van der Waals surface area contributed by atoms with Gasteiger partial charge in [0, 0.05) is 12.1 Å². The van der Waals surface area contributed by atoms with Crippen molar-refractivity contribution in [1.82, 2.24) is 5.32 Å². The lowest BCUT2D eigenvalue weighted by Crippen LogP contribution is -2.54. The molecular formula is C25H17Cl2N3O7. The standard InChI is InChI=1S/C25H17Cl2N3O7/c1-36-21-12-15(11-19(27)22(21)37-13-14-6-8-16(9-7-14)30(34)35)10-17-23(31)28-25(33)29(24(17)32)20-5-3-2-4-18(20)26/h2-12H,13H2,1H3,(H,28,31,33)/b17-10+. The van der Waals surface area contributed by atoms with E-state index in [1.807, 2.05) is 0 Å². The Hall–Kier alpha value is -4.41. The Balaban J connectivity index is 1.62. The number of imide groups is 2. The average molecular weight is 542 g/mol. The Morgan fingerprint density at radius 3 is 2.38 bits per heavy atom. The number of methoxy groups -OCH3 is 1. The van der Waals surface area contributed by atoms with E-state index >= 15 is 0 Å². The Kier molecular flexibility index (Phi) is 7.42. The first-order valence-corrected chi connectivity index (χ1v) is 11.3. The fourth-order valence-corrected chi connectivity index (χ4v) is 4.00. The number of carbonyl (C=O) groups is 3. The van der Waals surface area contributed by atoms with Gasteiger partial charge < -0.3 is 9.47 Å². The number of carbonyl (C=O) groups excluding carboxylic acids is 3. The number of nitrogens with one attached hydrogen (secondary N) is 1. The monoisotopic (exact) mass is 541 g/mol. The lowest BCUT2D eigenvalue weighted by molar-refractivity contribution is -0.384. The van der Waals surface area contributed by atoms with Gasteiger partial charge in [-0.3, -0.25) is 25.0 Å². The number of benzene rings is 3. The summed E-state index contributed by atoms with van der Waals surface area (Å²) in [7, 11) is 1.39. The molecule has 188 valence electrons. The number of nitrogens with zero attached hydrogens (tertiary/aromatic N) is 2. The van der Waals surface area contributed by atoms with Crippen molar-refractivity contribution in [2.75, 3.05) is 12.0 Å². The van der Waals surface area contributed by atoms with Crippen LogP contribution in [-0.2, 0) is 16.2 Å². The fraction of sp³-hybridized carbons (Fsp3) is 0.0800. The minimum Gasteiger partial charge on any atom is -0.493 e. The van der Waals surface area contributed by atoms with Crippen molar-refractivity contribution in [3.63, 3.8) is 0 Å². The van der Waals surface area contributed by atoms with Gasteiger partial charge in [0.1, 0.15) is 12.2 Å². The largest absolute Gasteiger partial charge is 0.493 e. The molecule has 10 nitrogen and oxygen atoms in total. The highest BCUT2D eigenvalue weighted by atomic mass is 35.5. The Morgan fingerprint density at radius 1 is 1.03 bits per heavy atom. The zero-order valence-corrected chi connectivity index (χ0v) is 20.6. The predicted molar refractivity (Wildman–Crippen MR) is 136 cm³/mol. The van der Waals surface area contributed by atoms with E-state index in [-0.39, 0.29) is 45.1 Å². The maximum absolute atomic E-state index is 13.1. The molecule has 1 aliphatic rings. The molecule has 1 fully saturated rings. The number of nitro benzene ring substituents is 1. The minimum atomic E-state index is -0.925. The first kappa shape index (κ1) is 25.7. The van der Waals surface area contributed by atoms with Crippen molar-refractivity contribution in [1.29, 1.82) is 0 Å². The van der Waals surface area contributed by atoms with Crippen molar-refractivity contribution in [3.8, 4) is 11.5 Å². The van der Waals surface area contributed by atoms with Gasteiger partial charge in [0.15, 0.2) is 11.5 Å². The van der Waals surface area contributed by atoms with Gasteiger partial charge >= 0.3 is 6.03 Å². The van der Waals surface area contributed by atoms with E-state index in [1.165, 1.54) is 49.6 Å². The molecule has 0 aromatic heterocycles. The number of urea groups is 1. The number of halogens is 2. The summed E-state index contributed by atoms with van der Waals surface area (Å²) in [5.41, 5.74) is 0.737. The first-order valence-electron chi connectivity index (χ1n) is 10.6. The molecule has 12 heteroatoms. The van der Waals surface area contributed by atoms with E-state index in [0.29, 0.717) is 11.1 Å². The fourth-order valence-electron chi connectivity index (χ4n) is 3.51. The lowest BCUT2D eigenvalue weighted by atomic mass is 10.1. The van der Waals surface area contributed by atoms with Crippen LogP contribution in [0.5, 0.6) is 11.5 Å². The van der Waals surface area contributed by atoms with Gasteiger partial charge in [0.05, 0.1) is 27.8 Å². The molecule has 37 heavy (non-hydrogen) atoms. The lowest BCUT2D eigenvalue weighted by Gasteiger charge is -2.27. The van der Waals surface area contributed by atoms with E-state index in [0.717, 1.165) is 4.90 Å². The maximum atomic E-state index is 13.1.